The van der Waals surface area contributed by atoms with E-state index in [1.54, 1.807) is 13.8 Å². The Labute approximate surface area is 90.5 Å². The lowest BCUT2D eigenvalue weighted by Crippen LogP contribution is -2.10. The van der Waals surface area contributed by atoms with Gasteiger partial charge in [-0.15, -0.1) is 0 Å². The number of hydrogen-bond acceptors (Lipinski definition) is 3. The van der Waals surface area contributed by atoms with Crippen LogP contribution in [-0.2, 0) is 14.3 Å². The van der Waals surface area contributed by atoms with Crippen LogP contribution in [0.5, 0.6) is 0 Å². The predicted molar refractivity (Wildman–Crippen MR) is 57.2 cm³/mol. The molecule has 3 heteroatoms. The van der Waals surface area contributed by atoms with Crippen molar-refractivity contribution in [3.05, 3.63) is 11.6 Å². The molecule has 0 aliphatic heterocycles. The highest BCUT2D eigenvalue weighted by Crippen LogP contribution is 2.59. The third-order valence-corrected chi connectivity index (χ3v) is 3.08. The summed E-state index contributed by atoms with van der Waals surface area (Å²) in [5, 5.41) is 0. The first-order valence-electron chi connectivity index (χ1n) is 5.25. The molecule has 0 spiro atoms. The first kappa shape index (κ1) is 12.0. The summed E-state index contributed by atoms with van der Waals surface area (Å²) in [4.78, 5) is 22.1. The third-order valence-electron chi connectivity index (χ3n) is 3.08. The normalized spacial score (nSPS) is 28.4. The van der Waals surface area contributed by atoms with E-state index in [4.69, 9.17) is 4.74 Å². The fourth-order valence-electron chi connectivity index (χ4n) is 1.99. The van der Waals surface area contributed by atoms with Crippen molar-refractivity contribution in [2.45, 2.75) is 27.7 Å². The molecule has 1 fully saturated rings. The number of carbonyl (C=O) groups excluding carboxylic acids is 2. The topological polar surface area (TPSA) is 43.4 Å². The molecule has 0 amide bonds. The minimum Gasteiger partial charge on any atom is -0.466 e. The van der Waals surface area contributed by atoms with Gasteiger partial charge >= 0.3 is 5.97 Å². The van der Waals surface area contributed by atoms with E-state index in [0.29, 0.717) is 12.2 Å². The monoisotopic (exact) mass is 210 g/mol. The van der Waals surface area contributed by atoms with Gasteiger partial charge in [0.2, 0.25) is 0 Å². The quantitative estimate of drug-likeness (QED) is 0.405. The summed E-state index contributed by atoms with van der Waals surface area (Å²) >= 11 is 0. The van der Waals surface area contributed by atoms with Crippen LogP contribution in [0.3, 0.4) is 0 Å². The molecule has 0 radical (unpaired) electrons. The second-order valence-corrected chi connectivity index (χ2v) is 4.61. The summed E-state index contributed by atoms with van der Waals surface area (Å²) < 4.78 is 4.99. The van der Waals surface area contributed by atoms with Gasteiger partial charge in [0, 0.05) is 0 Å². The maximum atomic E-state index is 11.6. The SMILES string of the molecule is CCOC(=O)[C@@H]1[C@@H](/C=C(\C)C=O)C1(C)C. The number of aldehydes is 1. The van der Waals surface area contributed by atoms with E-state index in [2.05, 4.69) is 0 Å². The van der Waals surface area contributed by atoms with Gasteiger partial charge in [-0.3, -0.25) is 9.59 Å². The third kappa shape index (κ3) is 2.28. The fraction of sp³-hybridized carbons (Fsp3) is 0.667. The summed E-state index contributed by atoms with van der Waals surface area (Å²) in [7, 11) is 0. The lowest BCUT2D eigenvalue weighted by molar-refractivity contribution is -0.145. The Morgan fingerprint density at radius 3 is 2.53 bits per heavy atom. The summed E-state index contributed by atoms with van der Waals surface area (Å²) in [5.41, 5.74) is 0.608. The van der Waals surface area contributed by atoms with E-state index >= 15 is 0 Å². The van der Waals surface area contributed by atoms with E-state index in [-0.39, 0.29) is 23.2 Å². The molecule has 0 saturated heterocycles. The van der Waals surface area contributed by atoms with Gasteiger partial charge in [-0.25, -0.2) is 0 Å². The smallest absolute Gasteiger partial charge is 0.310 e. The van der Waals surface area contributed by atoms with Gasteiger partial charge in [0.15, 0.2) is 0 Å². The van der Waals surface area contributed by atoms with Crippen molar-refractivity contribution >= 4 is 12.3 Å². The molecule has 1 saturated carbocycles. The molecular formula is C12H18O3. The van der Waals surface area contributed by atoms with Crippen LogP contribution in [0.1, 0.15) is 27.7 Å². The molecule has 0 bridgehead atoms. The zero-order valence-electron chi connectivity index (χ0n) is 9.74. The highest BCUT2D eigenvalue weighted by Gasteiger charge is 2.61. The molecule has 84 valence electrons. The van der Waals surface area contributed by atoms with Gasteiger partial charge in [0.05, 0.1) is 12.5 Å². The van der Waals surface area contributed by atoms with Crippen LogP contribution in [0.15, 0.2) is 11.6 Å². The van der Waals surface area contributed by atoms with Crippen molar-refractivity contribution in [2.24, 2.45) is 17.3 Å². The molecule has 3 nitrogen and oxygen atoms in total. The predicted octanol–water partition coefficient (Wildman–Crippen LogP) is 1.97. The summed E-state index contributed by atoms with van der Waals surface area (Å²) in [5.74, 6) is -0.100. The summed E-state index contributed by atoms with van der Waals surface area (Å²) in [6.07, 6.45) is 2.69. The zero-order valence-corrected chi connectivity index (χ0v) is 9.74. The Morgan fingerprint density at radius 2 is 2.07 bits per heavy atom. The van der Waals surface area contributed by atoms with Crippen LogP contribution in [0.4, 0.5) is 0 Å². The van der Waals surface area contributed by atoms with E-state index < -0.39 is 0 Å². The number of carbonyl (C=O) groups is 2. The molecule has 1 aliphatic rings. The van der Waals surface area contributed by atoms with Gasteiger partial charge in [-0.05, 0) is 30.8 Å². The minimum absolute atomic E-state index is 0.0729. The van der Waals surface area contributed by atoms with Crippen molar-refractivity contribution in [3.63, 3.8) is 0 Å². The summed E-state index contributed by atoms with van der Waals surface area (Å²) in [6, 6.07) is 0. The van der Waals surface area contributed by atoms with Gasteiger partial charge in [0.1, 0.15) is 6.29 Å². The van der Waals surface area contributed by atoms with Crippen molar-refractivity contribution < 1.29 is 14.3 Å². The first-order valence-corrected chi connectivity index (χ1v) is 5.25. The first-order chi connectivity index (χ1) is 6.95. The maximum absolute atomic E-state index is 11.6. The van der Waals surface area contributed by atoms with Crippen LogP contribution in [0.25, 0.3) is 0 Å². The number of allylic oxidation sites excluding steroid dienone is 2. The maximum Gasteiger partial charge on any atom is 0.310 e. The number of ether oxygens (including phenoxy) is 1. The van der Waals surface area contributed by atoms with Gasteiger partial charge in [-0.1, -0.05) is 19.9 Å². The number of esters is 1. The second kappa shape index (κ2) is 4.17. The molecule has 2 atom stereocenters. The van der Waals surface area contributed by atoms with Gasteiger partial charge in [-0.2, -0.15) is 0 Å². The van der Waals surface area contributed by atoms with E-state index in [1.807, 2.05) is 19.9 Å². The van der Waals surface area contributed by atoms with Gasteiger partial charge in [0.25, 0.3) is 0 Å². The largest absolute Gasteiger partial charge is 0.466 e. The Balaban J connectivity index is 2.71. The van der Waals surface area contributed by atoms with Gasteiger partial charge < -0.3 is 4.74 Å². The van der Waals surface area contributed by atoms with Crippen molar-refractivity contribution in [3.8, 4) is 0 Å². The lowest BCUT2D eigenvalue weighted by atomic mass is 10.1. The van der Waals surface area contributed by atoms with Crippen LogP contribution in [-0.4, -0.2) is 18.9 Å². The van der Waals surface area contributed by atoms with E-state index in [9.17, 15) is 9.59 Å². The van der Waals surface area contributed by atoms with Crippen molar-refractivity contribution in [2.75, 3.05) is 6.61 Å². The molecule has 15 heavy (non-hydrogen) atoms. The molecule has 0 unspecified atom stereocenters. The Bertz CT molecular complexity index is 302. The molecule has 0 aromatic rings. The van der Waals surface area contributed by atoms with Crippen LogP contribution >= 0.6 is 0 Å². The fourth-order valence-corrected chi connectivity index (χ4v) is 1.99. The van der Waals surface area contributed by atoms with Crippen LogP contribution in [0.2, 0.25) is 0 Å². The molecule has 0 aromatic carbocycles. The molecule has 0 aromatic heterocycles. The average molecular weight is 210 g/mol. The molecule has 0 heterocycles. The average Bonchev–Trinajstić information content (AvgIpc) is 2.68. The van der Waals surface area contributed by atoms with E-state index in [0.717, 1.165) is 6.29 Å². The molecule has 1 aliphatic carbocycles. The molecule has 0 N–H and O–H groups in total. The van der Waals surface area contributed by atoms with Crippen LogP contribution < -0.4 is 0 Å². The number of hydrogen-bond donors (Lipinski definition) is 0. The highest BCUT2D eigenvalue weighted by molar-refractivity contribution is 5.79. The van der Waals surface area contributed by atoms with Crippen LogP contribution in [0, 0.1) is 17.3 Å². The highest BCUT2D eigenvalue weighted by atomic mass is 16.5. The summed E-state index contributed by atoms with van der Waals surface area (Å²) in [6.45, 7) is 8.01. The standard InChI is InChI=1S/C12H18O3/c1-5-15-11(14)10-9(12(10,3)4)6-8(2)7-13/h6-7,9-10H,5H2,1-4H3/b8-6+/t9-,10+/m1/s1. The Hall–Kier alpha value is -1.12. The zero-order chi connectivity index (χ0) is 11.6. The minimum atomic E-state index is -0.151. The molecular weight excluding hydrogens is 192 g/mol. The second-order valence-electron chi connectivity index (χ2n) is 4.61. The Morgan fingerprint density at radius 1 is 1.47 bits per heavy atom. The lowest BCUT2D eigenvalue weighted by Gasteiger charge is -2.01. The van der Waals surface area contributed by atoms with Crippen molar-refractivity contribution in [1.29, 1.82) is 0 Å². The van der Waals surface area contributed by atoms with Crippen molar-refractivity contribution in [1.82, 2.24) is 0 Å². The van der Waals surface area contributed by atoms with E-state index in [1.165, 1.54) is 0 Å². The Kier molecular flexibility index (Phi) is 3.32. The number of rotatable bonds is 4. The molecule has 1 rings (SSSR count).